The second-order valence-corrected chi connectivity index (χ2v) is 8.58. The topological polar surface area (TPSA) is 70.2 Å². The summed E-state index contributed by atoms with van der Waals surface area (Å²) in [6, 6.07) is 16.9. The quantitative estimate of drug-likeness (QED) is 0.342. The summed E-state index contributed by atoms with van der Waals surface area (Å²) in [5.41, 5.74) is 10.4. The van der Waals surface area contributed by atoms with E-state index in [1.54, 1.807) is 11.3 Å². The Morgan fingerprint density at radius 2 is 1.87 bits per heavy atom. The van der Waals surface area contributed by atoms with Crippen molar-refractivity contribution in [2.45, 2.75) is 13.8 Å². The van der Waals surface area contributed by atoms with Gasteiger partial charge < -0.3 is 4.98 Å². The molecule has 0 fully saturated rings. The van der Waals surface area contributed by atoms with Crippen molar-refractivity contribution in [3.63, 3.8) is 0 Å². The first-order chi connectivity index (χ1) is 15.2. The average molecular weight is 422 g/mol. The molecule has 0 unspecified atom stereocenters. The summed E-state index contributed by atoms with van der Waals surface area (Å²) in [5.74, 6) is 0.752. The first-order valence-electron chi connectivity index (χ1n) is 10.1. The molecule has 6 aromatic rings. The molecule has 0 saturated heterocycles. The van der Waals surface area contributed by atoms with Crippen LogP contribution >= 0.6 is 11.3 Å². The van der Waals surface area contributed by atoms with Crippen molar-refractivity contribution in [3.05, 3.63) is 76.6 Å². The normalized spacial score (nSPS) is 11.5. The van der Waals surface area contributed by atoms with Gasteiger partial charge in [0.05, 0.1) is 28.4 Å². The molecule has 0 saturated carbocycles. The Balaban J connectivity index is 1.53. The number of hydrogen-bond acceptors (Lipinski definition) is 4. The SMILES string of the molecule is Cc1ccc(C)c(-c2cc3c(-c4nc5c(-c6ccsc6)cccc5[nH]4)n[nH]c3cn2)c1. The fourth-order valence-corrected chi connectivity index (χ4v) is 4.71. The van der Waals surface area contributed by atoms with Gasteiger partial charge in [-0.25, -0.2) is 4.98 Å². The molecule has 150 valence electrons. The molecule has 0 atom stereocenters. The van der Waals surface area contributed by atoms with Crippen molar-refractivity contribution in [3.8, 4) is 33.9 Å². The summed E-state index contributed by atoms with van der Waals surface area (Å²) in [4.78, 5) is 13.1. The van der Waals surface area contributed by atoms with Crippen molar-refractivity contribution in [1.29, 1.82) is 0 Å². The molecule has 31 heavy (non-hydrogen) atoms. The van der Waals surface area contributed by atoms with Crippen LogP contribution in [0.4, 0.5) is 0 Å². The standard InChI is InChI=1S/C25H19N5S/c1-14-6-7-15(2)18(10-14)21-11-19-22(12-26-21)29-30-24(19)25-27-20-5-3-4-17(23(20)28-25)16-8-9-31-13-16/h3-13H,1-2H3,(H,27,28)(H,29,30). The third kappa shape index (κ3) is 2.95. The minimum atomic E-state index is 0.752. The number of aryl methyl sites for hydroxylation is 2. The van der Waals surface area contributed by atoms with Crippen LogP contribution in [0.25, 0.3) is 55.8 Å². The number of hydrogen-bond donors (Lipinski definition) is 2. The first kappa shape index (κ1) is 18.0. The number of imidazole rings is 1. The lowest BCUT2D eigenvalue weighted by atomic mass is 10.0. The highest BCUT2D eigenvalue weighted by Crippen LogP contribution is 2.33. The van der Waals surface area contributed by atoms with Gasteiger partial charge in [0.15, 0.2) is 5.82 Å². The summed E-state index contributed by atoms with van der Waals surface area (Å²) < 4.78 is 0. The highest BCUT2D eigenvalue weighted by atomic mass is 32.1. The maximum Gasteiger partial charge on any atom is 0.159 e. The van der Waals surface area contributed by atoms with E-state index in [1.165, 1.54) is 16.7 Å². The summed E-state index contributed by atoms with van der Waals surface area (Å²) >= 11 is 1.69. The summed E-state index contributed by atoms with van der Waals surface area (Å²) in [5, 5.41) is 12.9. The highest BCUT2D eigenvalue weighted by molar-refractivity contribution is 7.08. The summed E-state index contributed by atoms with van der Waals surface area (Å²) in [7, 11) is 0. The highest BCUT2D eigenvalue weighted by Gasteiger charge is 2.16. The Morgan fingerprint density at radius 1 is 0.935 bits per heavy atom. The van der Waals surface area contributed by atoms with E-state index in [2.05, 4.69) is 93.3 Å². The monoisotopic (exact) mass is 421 g/mol. The van der Waals surface area contributed by atoms with Crippen molar-refractivity contribution in [2.24, 2.45) is 0 Å². The Kier molecular flexibility index (Phi) is 4.01. The van der Waals surface area contributed by atoms with Crippen molar-refractivity contribution in [2.75, 3.05) is 0 Å². The van der Waals surface area contributed by atoms with E-state index in [0.717, 1.165) is 50.3 Å². The maximum absolute atomic E-state index is 4.94. The predicted octanol–water partition coefficient (Wildman–Crippen LogP) is 6.51. The number of aromatic nitrogens is 5. The number of nitrogens with one attached hydrogen (secondary N) is 2. The minimum Gasteiger partial charge on any atom is -0.337 e. The van der Waals surface area contributed by atoms with Crippen molar-refractivity contribution < 1.29 is 0 Å². The molecule has 2 aromatic carbocycles. The third-order valence-electron chi connectivity index (χ3n) is 5.69. The van der Waals surface area contributed by atoms with Crippen LogP contribution < -0.4 is 0 Å². The van der Waals surface area contributed by atoms with Crippen LogP contribution in [0.15, 0.2) is 65.5 Å². The van der Waals surface area contributed by atoms with Crippen LogP contribution in [-0.4, -0.2) is 25.1 Å². The molecule has 0 aliphatic carbocycles. The lowest BCUT2D eigenvalue weighted by Crippen LogP contribution is -1.89. The molecule has 0 aliphatic rings. The van der Waals surface area contributed by atoms with Crippen LogP contribution in [-0.2, 0) is 0 Å². The summed E-state index contributed by atoms with van der Waals surface area (Å²) in [6.07, 6.45) is 1.85. The number of para-hydroxylation sites is 1. The number of fused-ring (bicyclic) bond motifs is 2. The summed E-state index contributed by atoms with van der Waals surface area (Å²) in [6.45, 7) is 4.21. The van der Waals surface area contributed by atoms with E-state index < -0.39 is 0 Å². The first-order valence-corrected chi connectivity index (χ1v) is 11.0. The van der Waals surface area contributed by atoms with Crippen LogP contribution in [0.2, 0.25) is 0 Å². The van der Waals surface area contributed by atoms with Gasteiger partial charge in [0.25, 0.3) is 0 Å². The van der Waals surface area contributed by atoms with Crippen molar-refractivity contribution >= 4 is 33.3 Å². The lowest BCUT2D eigenvalue weighted by Gasteiger charge is -2.06. The molecule has 0 aliphatic heterocycles. The van der Waals surface area contributed by atoms with E-state index in [1.807, 2.05) is 6.20 Å². The average Bonchev–Trinajstić information content (AvgIpc) is 3.53. The van der Waals surface area contributed by atoms with Crippen LogP contribution in [0.1, 0.15) is 11.1 Å². The molecule has 6 heteroatoms. The van der Waals surface area contributed by atoms with Crippen LogP contribution in [0.5, 0.6) is 0 Å². The molecule has 5 nitrogen and oxygen atoms in total. The Labute approximate surface area is 182 Å². The van der Waals surface area contributed by atoms with Crippen LogP contribution in [0, 0.1) is 13.8 Å². The third-order valence-corrected chi connectivity index (χ3v) is 6.37. The van der Waals surface area contributed by atoms with Gasteiger partial charge in [-0.2, -0.15) is 16.4 Å². The van der Waals surface area contributed by atoms with E-state index in [9.17, 15) is 0 Å². The molecule has 0 radical (unpaired) electrons. The van der Waals surface area contributed by atoms with Gasteiger partial charge in [-0.05, 0) is 60.0 Å². The Hall–Kier alpha value is -3.77. The molecular weight excluding hydrogens is 402 g/mol. The molecule has 2 N–H and O–H groups in total. The fraction of sp³-hybridized carbons (Fsp3) is 0.0800. The molecule has 4 heterocycles. The minimum absolute atomic E-state index is 0.752. The second kappa shape index (κ2) is 6.89. The van der Waals surface area contributed by atoms with Gasteiger partial charge in [0.1, 0.15) is 5.69 Å². The fourth-order valence-electron chi connectivity index (χ4n) is 4.05. The molecular formula is C25H19N5S. The predicted molar refractivity (Wildman–Crippen MR) is 127 cm³/mol. The smallest absolute Gasteiger partial charge is 0.159 e. The largest absolute Gasteiger partial charge is 0.337 e. The van der Waals surface area contributed by atoms with Gasteiger partial charge in [-0.15, -0.1) is 0 Å². The number of rotatable bonds is 3. The lowest BCUT2D eigenvalue weighted by molar-refractivity contribution is 1.10. The van der Waals surface area contributed by atoms with Gasteiger partial charge in [-0.3, -0.25) is 10.1 Å². The molecule has 0 bridgehead atoms. The zero-order chi connectivity index (χ0) is 20.9. The number of nitrogens with zero attached hydrogens (tertiary/aromatic N) is 3. The molecule has 6 rings (SSSR count). The molecule has 0 amide bonds. The molecule has 0 spiro atoms. The number of H-pyrrole nitrogens is 2. The van der Waals surface area contributed by atoms with E-state index in [0.29, 0.717) is 0 Å². The van der Waals surface area contributed by atoms with Crippen LogP contribution in [0.3, 0.4) is 0 Å². The van der Waals surface area contributed by atoms with Crippen molar-refractivity contribution in [1.82, 2.24) is 25.1 Å². The number of benzene rings is 2. The van der Waals surface area contributed by atoms with Gasteiger partial charge >= 0.3 is 0 Å². The molecule has 4 aromatic heterocycles. The maximum atomic E-state index is 4.94. The second-order valence-electron chi connectivity index (χ2n) is 7.80. The zero-order valence-electron chi connectivity index (χ0n) is 17.1. The Bertz CT molecular complexity index is 1560. The number of thiophene rings is 1. The Morgan fingerprint density at radius 3 is 2.74 bits per heavy atom. The van der Waals surface area contributed by atoms with E-state index >= 15 is 0 Å². The van der Waals surface area contributed by atoms with Gasteiger partial charge in [0, 0.05) is 16.5 Å². The van der Waals surface area contributed by atoms with E-state index in [4.69, 9.17) is 4.98 Å². The van der Waals surface area contributed by atoms with Gasteiger partial charge in [0.2, 0.25) is 0 Å². The van der Waals surface area contributed by atoms with E-state index in [-0.39, 0.29) is 0 Å². The zero-order valence-corrected chi connectivity index (χ0v) is 17.9. The number of aromatic amines is 2. The van der Waals surface area contributed by atoms with Gasteiger partial charge in [-0.1, -0.05) is 29.8 Å². The number of pyridine rings is 1.